The Morgan fingerprint density at radius 3 is 2.55 bits per heavy atom. The smallest absolute Gasteiger partial charge is 0.332 e. The number of esters is 1. The first-order chi connectivity index (χ1) is 18.1. The monoisotopic (exact) mass is 532 g/mol. The number of rotatable bonds is 11. The van der Waals surface area contributed by atoms with Crippen LogP contribution in [0.4, 0.5) is 13.2 Å². The first kappa shape index (κ1) is 28.0. The fraction of sp³-hybridized carbons (Fsp3) is 0.483. The highest BCUT2D eigenvalue weighted by Crippen LogP contribution is 2.43. The normalized spacial score (nSPS) is 18.0. The topological polar surface area (TPSA) is 63.8 Å². The number of para-hydroxylation sites is 1. The van der Waals surface area contributed by atoms with E-state index in [1.165, 1.54) is 13.8 Å². The molecule has 0 aliphatic carbocycles. The molecule has 0 fully saturated rings. The van der Waals surface area contributed by atoms with E-state index in [0.29, 0.717) is 18.5 Å². The fourth-order valence-electron chi connectivity index (χ4n) is 5.11. The molecule has 0 unspecified atom stereocenters. The maximum atomic E-state index is 15.6. The van der Waals surface area contributed by atoms with Crippen molar-refractivity contribution in [1.82, 2.24) is 9.88 Å². The van der Waals surface area contributed by atoms with E-state index in [1.807, 2.05) is 36.1 Å². The van der Waals surface area contributed by atoms with Gasteiger partial charge in [-0.15, -0.1) is 0 Å². The van der Waals surface area contributed by atoms with Crippen LogP contribution in [-0.2, 0) is 20.7 Å². The van der Waals surface area contributed by atoms with Gasteiger partial charge in [0.1, 0.15) is 29.7 Å². The predicted octanol–water partition coefficient (Wildman–Crippen LogP) is 5.88. The van der Waals surface area contributed by atoms with Crippen LogP contribution in [0.1, 0.15) is 57.0 Å². The Hall–Kier alpha value is -3.04. The molecule has 0 saturated heterocycles. The summed E-state index contributed by atoms with van der Waals surface area (Å²) in [6.07, 6.45) is 1.05. The standard InChI is InChI=1S/C29H35F3N2O4/c1-5-37-25(35)16-36-11-8-12-38-19-14-22(30)26(23(31)15-19)28-27-21(20-9-6-7-10-24(20)33-27)13-18(2)34(28)17-29(3,4)32/h6-7,9-10,14-15,18,28,33H,5,8,11-13,16-17H2,1-4H3/t18-,28-/m1/s1. The minimum atomic E-state index is -1.57. The Balaban J connectivity index is 1.57. The molecule has 0 bridgehead atoms. The number of nitrogens with one attached hydrogen (secondary N) is 1. The highest BCUT2D eigenvalue weighted by atomic mass is 19.1. The molecule has 0 radical (unpaired) electrons. The Morgan fingerprint density at radius 2 is 1.87 bits per heavy atom. The van der Waals surface area contributed by atoms with Crippen LogP contribution in [0.5, 0.6) is 5.75 Å². The van der Waals surface area contributed by atoms with Crippen molar-refractivity contribution in [1.29, 1.82) is 0 Å². The third kappa shape index (κ3) is 6.32. The van der Waals surface area contributed by atoms with Gasteiger partial charge in [-0.25, -0.2) is 18.0 Å². The van der Waals surface area contributed by atoms with Gasteiger partial charge in [0.15, 0.2) is 0 Å². The van der Waals surface area contributed by atoms with Crippen molar-refractivity contribution in [3.05, 3.63) is 64.9 Å². The van der Waals surface area contributed by atoms with Crippen LogP contribution in [0.25, 0.3) is 10.9 Å². The number of hydrogen-bond donors (Lipinski definition) is 1. The molecule has 3 aromatic rings. The van der Waals surface area contributed by atoms with Crippen LogP contribution in [-0.4, -0.2) is 60.5 Å². The molecule has 9 heteroatoms. The molecule has 0 spiro atoms. The number of carbonyl (C=O) groups excluding carboxylic acids is 1. The Bertz CT molecular complexity index is 1250. The molecular formula is C29H35F3N2O4. The zero-order valence-corrected chi connectivity index (χ0v) is 22.3. The van der Waals surface area contributed by atoms with Crippen molar-refractivity contribution < 1.29 is 32.2 Å². The van der Waals surface area contributed by atoms with Crippen molar-refractivity contribution in [3.8, 4) is 5.75 Å². The molecule has 4 rings (SSSR count). The van der Waals surface area contributed by atoms with Crippen LogP contribution >= 0.6 is 0 Å². The second-order valence-corrected chi connectivity index (χ2v) is 10.3. The number of fused-ring (bicyclic) bond motifs is 3. The molecule has 1 N–H and O–H groups in total. The molecule has 1 aromatic heterocycles. The summed E-state index contributed by atoms with van der Waals surface area (Å²) in [6.45, 7) is 7.13. The van der Waals surface area contributed by atoms with Crippen LogP contribution in [0.3, 0.4) is 0 Å². The van der Waals surface area contributed by atoms with Crippen LogP contribution < -0.4 is 4.74 Å². The quantitative estimate of drug-likeness (QED) is 0.247. The number of benzene rings is 2. The van der Waals surface area contributed by atoms with Gasteiger partial charge in [-0.2, -0.15) is 0 Å². The van der Waals surface area contributed by atoms with E-state index in [4.69, 9.17) is 14.2 Å². The van der Waals surface area contributed by atoms with Crippen molar-refractivity contribution in [2.75, 3.05) is 33.0 Å². The summed E-state index contributed by atoms with van der Waals surface area (Å²) >= 11 is 0. The van der Waals surface area contributed by atoms with E-state index in [1.54, 1.807) is 6.92 Å². The van der Waals surface area contributed by atoms with Crippen LogP contribution in [0.2, 0.25) is 0 Å². The zero-order valence-electron chi connectivity index (χ0n) is 22.3. The van der Waals surface area contributed by atoms with E-state index in [0.717, 1.165) is 28.6 Å². The third-order valence-electron chi connectivity index (χ3n) is 6.63. The highest BCUT2D eigenvalue weighted by Gasteiger charge is 2.41. The average Bonchev–Trinajstić information content (AvgIpc) is 3.20. The van der Waals surface area contributed by atoms with E-state index in [2.05, 4.69) is 4.98 Å². The molecule has 2 aromatic carbocycles. The first-order valence-electron chi connectivity index (χ1n) is 13.0. The number of nitrogens with zero attached hydrogens (tertiary/aromatic N) is 1. The second kappa shape index (κ2) is 11.8. The van der Waals surface area contributed by atoms with Crippen molar-refractivity contribution in [2.45, 2.75) is 58.3 Å². The number of carbonyl (C=O) groups is 1. The highest BCUT2D eigenvalue weighted by molar-refractivity contribution is 5.85. The maximum absolute atomic E-state index is 15.6. The number of H-pyrrole nitrogens is 1. The predicted molar refractivity (Wildman–Crippen MR) is 139 cm³/mol. The summed E-state index contributed by atoms with van der Waals surface area (Å²) in [5, 5.41) is 1.00. The molecular weight excluding hydrogens is 497 g/mol. The number of hydrogen-bond acceptors (Lipinski definition) is 5. The molecule has 1 aliphatic rings. The number of aromatic nitrogens is 1. The van der Waals surface area contributed by atoms with E-state index in [9.17, 15) is 9.18 Å². The lowest BCUT2D eigenvalue weighted by atomic mass is 9.87. The summed E-state index contributed by atoms with van der Waals surface area (Å²) in [6, 6.07) is 9.11. The summed E-state index contributed by atoms with van der Waals surface area (Å²) in [7, 11) is 0. The summed E-state index contributed by atoms with van der Waals surface area (Å²) in [5.41, 5.74) is 0.842. The first-order valence-corrected chi connectivity index (χ1v) is 13.0. The molecule has 38 heavy (non-hydrogen) atoms. The van der Waals surface area contributed by atoms with E-state index >= 15 is 8.78 Å². The van der Waals surface area contributed by atoms with Crippen LogP contribution in [0.15, 0.2) is 36.4 Å². The van der Waals surface area contributed by atoms with Gasteiger partial charge in [0, 0.05) is 53.3 Å². The molecule has 0 amide bonds. The molecule has 6 nitrogen and oxygen atoms in total. The summed E-state index contributed by atoms with van der Waals surface area (Å²) in [5.74, 6) is -1.92. The van der Waals surface area contributed by atoms with Gasteiger partial charge in [-0.1, -0.05) is 18.2 Å². The maximum Gasteiger partial charge on any atom is 0.332 e. The third-order valence-corrected chi connectivity index (χ3v) is 6.63. The van der Waals surface area contributed by atoms with Crippen molar-refractivity contribution in [3.63, 3.8) is 0 Å². The number of alkyl halides is 1. The van der Waals surface area contributed by atoms with Crippen molar-refractivity contribution in [2.24, 2.45) is 0 Å². The largest absolute Gasteiger partial charge is 0.493 e. The zero-order chi connectivity index (χ0) is 27.4. The lowest BCUT2D eigenvalue weighted by molar-refractivity contribution is -0.148. The Morgan fingerprint density at radius 1 is 1.16 bits per heavy atom. The van der Waals surface area contributed by atoms with Gasteiger partial charge in [-0.3, -0.25) is 4.90 Å². The second-order valence-electron chi connectivity index (χ2n) is 10.3. The Kier molecular flexibility index (Phi) is 8.67. The fourth-order valence-corrected chi connectivity index (χ4v) is 5.11. The molecule has 2 atom stereocenters. The molecule has 2 heterocycles. The number of ether oxygens (including phenoxy) is 3. The van der Waals surface area contributed by atoms with Gasteiger partial charge >= 0.3 is 5.97 Å². The summed E-state index contributed by atoms with van der Waals surface area (Å²) < 4.78 is 61.7. The average molecular weight is 533 g/mol. The van der Waals surface area contributed by atoms with Crippen molar-refractivity contribution >= 4 is 16.9 Å². The lowest BCUT2D eigenvalue weighted by Crippen LogP contribution is -2.48. The van der Waals surface area contributed by atoms with Gasteiger partial charge in [0.05, 0.1) is 25.9 Å². The number of halogens is 3. The van der Waals surface area contributed by atoms with Gasteiger partial charge in [-0.05, 0) is 45.7 Å². The lowest BCUT2D eigenvalue weighted by Gasteiger charge is -2.43. The van der Waals surface area contributed by atoms with Gasteiger partial charge < -0.3 is 19.2 Å². The summed E-state index contributed by atoms with van der Waals surface area (Å²) in [4.78, 5) is 16.5. The molecule has 206 valence electrons. The van der Waals surface area contributed by atoms with Crippen LogP contribution in [0, 0.1) is 11.6 Å². The SMILES string of the molecule is CCOC(=O)COCCCOc1cc(F)c([C@@H]2c3[nH]c4ccccc4c3C[C@@H](C)N2CC(C)(C)F)c(F)c1. The minimum Gasteiger partial charge on any atom is -0.493 e. The Labute approximate surface area is 221 Å². The number of aromatic amines is 1. The van der Waals surface area contributed by atoms with E-state index in [-0.39, 0.29) is 50.3 Å². The minimum absolute atomic E-state index is 0.0105. The molecule has 1 aliphatic heterocycles. The molecule has 0 saturated carbocycles. The van der Waals surface area contributed by atoms with E-state index < -0.39 is 29.3 Å². The van der Waals surface area contributed by atoms with Gasteiger partial charge in [0.2, 0.25) is 0 Å². The van der Waals surface area contributed by atoms with Gasteiger partial charge in [0.25, 0.3) is 0 Å².